The third kappa shape index (κ3) is 3.47. The highest BCUT2D eigenvalue weighted by Crippen LogP contribution is 2.12. The van der Waals surface area contributed by atoms with Crippen molar-refractivity contribution in [2.24, 2.45) is 0 Å². The molecule has 1 atom stereocenters. The molecule has 1 aliphatic heterocycles. The number of nitrogens with zero attached hydrogens (tertiary/aromatic N) is 1. The Hall–Kier alpha value is -1.55. The van der Waals surface area contributed by atoms with E-state index < -0.39 is 0 Å². The summed E-state index contributed by atoms with van der Waals surface area (Å²) in [6.45, 7) is 4.04. The Balaban J connectivity index is 1.89. The van der Waals surface area contributed by atoms with E-state index in [1.165, 1.54) is 5.56 Å². The van der Waals surface area contributed by atoms with Crippen LogP contribution in [-0.2, 0) is 15.9 Å². The van der Waals surface area contributed by atoms with Crippen molar-refractivity contribution in [3.05, 3.63) is 35.9 Å². The standard InChI is InChI=1S/C14H19NO3/c1-2-17-14(16)15-8-9-18-13(11-15)10-12-6-4-3-5-7-12/h3-7,13H,2,8-11H2,1H3. The van der Waals surface area contributed by atoms with Gasteiger partial charge in [0, 0.05) is 13.0 Å². The summed E-state index contributed by atoms with van der Waals surface area (Å²) in [5, 5.41) is 0. The van der Waals surface area contributed by atoms with Gasteiger partial charge in [0.25, 0.3) is 0 Å². The number of hydrogen-bond acceptors (Lipinski definition) is 3. The first-order valence-corrected chi connectivity index (χ1v) is 6.37. The summed E-state index contributed by atoms with van der Waals surface area (Å²) in [6.07, 6.45) is 0.654. The minimum Gasteiger partial charge on any atom is -0.450 e. The number of hydrogen-bond donors (Lipinski definition) is 0. The molecule has 0 aromatic heterocycles. The average Bonchev–Trinajstić information content (AvgIpc) is 2.40. The molecule has 18 heavy (non-hydrogen) atoms. The maximum Gasteiger partial charge on any atom is 0.409 e. The molecule has 1 unspecified atom stereocenters. The fraction of sp³-hybridized carbons (Fsp3) is 0.500. The number of rotatable bonds is 3. The summed E-state index contributed by atoms with van der Waals surface area (Å²) in [5.41, 5.74) is 1.23. The lowest BCUT2D eigenvalue weighted by Crippen LogP contribution is -2.46. The van der Waals surface area contributed by atoms with Gasteiger partial charge in [-0.1, -0.05) is 30.3 Å². The number of amides is 1. The number of carbonyl (C=O) groups excluding carboxylic acids is 1. The van der Waals surface area contributed by atoms with Crippen LogP contribution in [0.4, 0.5) is 4.79 Å². The largest absolute Gasteiger partial charge is 0.450 e. The first kappa shape index (κ1) is 12.9. The quantitative estimate of drug-likeness (QED) is 0.823. The molecule has 1 saturated heterocycles. The van der Waals surface area contributed by atoms with Gasteiger partial charge < -0.3 is 14.4 Å². The third-order valence-electron chi connectivity index (χ3n) is 2.97. The molecule has 0 N–H and O–H groups in total. The highest BCUT2D eigenvalue weighted by Gasteiger charge is 2.24. The monoisotopic (exact) mass is 249 g/mol. The number of ether oxygens (including phenoxy) is 2. The van der Waals surface area contributed by atoms with E-state index in [0.717, 1.165) is 6.42 Å². The van der Waals surface area contributed by atoms with E-state index in [2.05, 4.69) is 12.1 Å². The van der Waals surface area contributed by atoms with Gasteiger partial charge in [0.2, 0.25) is 0 Å². The first-order valence-electron chi connectivity index (χ1n) is 6.37. The van der Waals surface area contributed by atoms with E-state index >= 15 is 0 Å². The fourth-order valence-corrected chi connectivity index (χ4v) is 2.10. The van der Waals surface area contributed by atoms with Crippen LogP contribution >= 0.6 is 0 Å². The second-order valence-corrected chi connectivity index (χ2v) is 4.33. The lowest BCUT2D eigenvalue weighted by atomic mass is 10.1. The first-order chi connectivity index (χ1) is 8.79. The molecule has 0 aliphatic carbocycles. The zero-order chi connectivity index (χ0) is 12.8. The van der Waals surface area contributed by atoms with Crippen LogP contribution in [0.1, 0.15) is 12.5 Å². The zero-order valence-corrected chi connectivity index (χ0v) is 10.7. The molecule has 4 nitrogen and oxygen atoms in total. The summed E-state index contributed by atoms with van der Waals surface area (Å²) in [6, 6.07) is 10.2. The SMILES string of the molecule is CCOC(=O)N1CCOC(Cc2ccccc2)C1. The lowest BCUT2D eigenvalue weighted by Gasteiger charge is -2.32. The predicted octanol–water partition coefficient (Wildman–Crippen LogP) is 2.09. The van der Waals surface area contributed by atoms with Crippen LogP contribution in [0.5, 0.6) is 0 Å². The van der Waals surface area contributed by atoms with Gasteiger partial charge in [-0.15, -0.1) is 0 Å². The summed E-state index contributed by atoms with van der Waals surface area (Å²) in [7, 11) is 0. The summed E-state index contributed by atoms with van der Waals surface area (Å²) in [4.78, 5) is 13.4. The highest BCUT2D eigenvalue weighted by molar-refractivity contribution is 5.67. The van der Waals surface area contributed by atoms with Crippen LogP contribution in [0.3, 0.4) is 0 Å². The van der Waals surface area contributed by atoms with E-state index in [1.54, 1.807) is 4.90 Å². The van der Waals surface area contributed by atoms with Crippen LogP contribution in [0.2, 0.25) is 0 Å². The smallest absolute Gasteiger partial charge is 0.409 e. The van der Waals surface area contributed by atoms with E-state index in [4.69, 9.17) is 9.47 Å². The highest BCUT2D eigenvalue weighted by atomic mass is 16.6. The average molecular weight is 249 g/mol. The van der Waals surface area contributed by atoms with Crippen LogP contribution < -0.4 is 0 Å². The molecule has 4 heteroatoms. The van der Waals surface area contributed by atoms with Gasteiger partial charge in [-0.25, -0.2) is 4.79 Å². The Morgan fingerprint density at radius 2 is 2.22 bits per heavy atom. The molecule has 1 amide bonds. The van der Waals surface area contributed by atoms with E-state index in [0.29, 0.717) is 26.3 Å². The second-order valence-electron chi connectivity index (χ2n) is 4.33. The lowest BCUT2D eigenvalue weighted by molar-refractivity contribution is -0.0258. The number of morpholine rings is 1. The minimum absolute atomic E-state index is 0.0607. The van der Waals surface area contributed by atoms with Gasteiger partial charge >= 0.3 is 6.09 Å². The van der Waals surface area contributed by atoms with Crippen molar-refractivity contribution in [2.45, 2.75) is 19.4 Å². The Bertz CT molecular complexity index is 380. The Labute approximate surface area is 107 Å². The van der Waals surface area contributed by atoms with Gasteiger partial charge in [0.05, 0.1) is 25.9 Å². The fourth-order valence-electron chi connectivity index (χ4n) is 2.10. The molecule has 0 saturated carbocycles. The van der Waals surface area contributed by atoms with Gasteiger partial charge in [-0.3, -0.25) is 0 Å². The van der Waals surface area contributed by atoms with E-state index in [1.807, 2.05) is 25.1 Å². The summed E-state index contributed by atoms with van der Waals surface area (Å²) < 4.78 is 10.7. The van der Waals surface area contributed by atoms with E-state index in [-0.39, 0.29) is 12.2 Å². The molecule has 1 aromatic rings. The number of carbonyl (C=O) groups is 1. The van der Waals surface area contributed by atoms with Gasteiger partial charge in [0.1, 0.15) is 0 Å². The molecule has 0 spiro atoms. The normalized spacial score (nSPS) is 19.6. The van der Waals surface area contributed by atoms with Crippen LogP contribution in [-0.4, -0.2) is 43.4 Å². The van der Waals surface area contributed by atoms with Crippen LogP contribution in [0.15, 0.2) is 30.3 Å². The van der Waals surface area contributed by atoms with Crippen molar-refractivity contribution < 1.29 is 14.3 Å². The summed E-state index contributed by atoms with van der Waals surface area (Å²) >= 11 is 0. The van der Waals surface area contributed by atoms with E-state index in [9.17, 15) is 4.79 Å². The molecule has 1 heterocycles. The molecule has 2 rings (SSSR count). The molecular formula is C14H19NO3. The van der Waals surface area contributed by atoms with Crippen molar-refractivity contribution in [2.75, 3.05) is 26.3 Å². The van der Waals surface area contributed by atoms with Crippen molar-refractivity contribution in [3.8, 4) is 0 Å². The number of benzene rings is 1. The van der Waals surface area contributed by atoms with Gasteiger partial charge in [-0.05, 0) is 12.5 Å². The topological polar surface area (TPSA) is 38.8 Å². The van der Waals surface area contributed by atoms with Gasteiger partial charge in [-0.2, -0.15) is 0 Å². The van der Waals surface area contributed by atoms with Crippen molar-refractivity contribution in [3.63, 3.8) is 0 Å². The van der Waals surface area contributed by atoms with Crippen molar-refractivity contribution >= 4 is 6.09 Å². The third-order valence-corrected chi connectivity index (χ3v) is 2.97. The summed E-state index contributed by atoms with van der Waals surface area (Å²) in [5.74, 6) is 0. The Morgan fingerprint density at radius 3 is 2.94 bits per heavy atom. The predicted molar refractivity (Wildman–Crippen MR) is 68.5 cm³/mol. The zero-order valence-electron chi connectivity index (χ0n) is 10.7. The van der Waals surface area contributed by atoms with Crippen LogP contribution in [0.25, 0.3) is 0 Å². The maximum absolute atomic E-state index is 11.6. The van der Waals surface area contributed by atoms with Crippen molar-refractivity contribution in [1.82, 2.24) is 4.90 Å². The molecule has 98 valence electrons. The molecular weight excluding hydrogens is 230 g/mol. The van der Waals surface area contributed by atoms with Crippen LogP contribution in [0, 0.1) is 0 Å². The molecule has 0 radical (unpaired) electrons. The molecule has 1 fully saturated rings. The molecule has 1 aliphatic rings. The minimum atomic E-state index is -0.237. The van der Waals surface area contributed by atoms with Crippen molar-refractivity contribution in [1.29, 1.82) is 0 Å². The van der Waals surface area contributed by atoms with Gasteiger partial charge in [0.15, 0.2) is 0 Å². The maximum atomic E-state index is 11.6. The Morgan fingerprint density at radius 1 is 1.44 bits per heavy atom. The molecule has 0 bridgehead atoms. The Kier molecular flexibility index (Phi) is 4.59. The second kappa shape index (κ2) is 6.40. The molecule has 1 aromatic carbocycles.